The first kappa shape index (κ1) is 17.8. The first-order chi connectivity index (χ1) is 12.5. The molecule has 9 heteroatoms. The molecule has 2 aromatic rings. The molecule has 2 atom stereocenters. The molecule has 0 radical (unpaired) electrons. The molecule has 0 unspecified atom stereocenters. The molecule has 136 valence electrons. The summed E-state index contributed by atoms with van der Waals surface area (Å²) in [6.45, 7) is 2.04. The van der Waals surface area contributed by atoms with Crippen molar-refractivity contribution in [2.45, 2.75) is 41.6 Å². The van der Waals surface area contributed by atoms with Gasteiger partial charge in [-0.15, -0.1) is 11.8 Å². The number of hydrogen-bond acceptors (Lipinski definition) is 7. The van der Waals surface area contributed by atoms with Gasteiger partial charge in [0.15, 0.2) is 0 Å². The second-order valence-corrected chi connectivity index (χ2v) is 9.61. The van der Waals surface area contributed by atoms with E-state index < -0.39 is 6.04 Å². The predicted octanol–water partition coefficient (Wildman–Crippen LogP) is 3.22. The van der Waals surface area contributed by atoms with Crippen molar-refractivity contribution in [1.29, 1.82) is 0 Å². The van der Waals surface area contributed by atoms with Gasteiger partial charge in [-0.3, -0.25) is 14.9 Å². The summed E-state index contributed by atoms with van der Waals surface area (Å²) in [5, 5.41) is 3.97. The molecule has 0 aliphatic carbocycles. The zero-order valence-electron chi connectivity index (χ0n) is 14.2. The van der Waals surface area contributed by atoms with Crippen LogP contribution in [0.15, 0.2) is 35.5 Å². The molecule has 2 aliphatic rings. The fourth-order valence-corrected chi connectivity index (χ4v) is 6.18. The second-order valence-electron chi connectivity index (χ2n) is 6.41. The summed E-state index contributed by atoms with van der Waals surface area (Å²) < 4.78 is 4.30. The van der Waals surface area contributed by atoms with Crippen molar-refractivity contribution < 1.29 is 9.59 Å². The first-order valence-electron chi connectivity index (χ1n) is 8.33. The number of rotatable bonds is 5. The molecule has 1 N–H and O–H groups in total. The molecule has 0 saturated carbocycles. The van der Waals surface area contributed by atoms with Gasteiger partial charge in [-0.05, 0) is 18.9 Å². The fraction of sp³-hybridized carbons (Fsp3) is 0.412. The van der Waals surface area contributed by atoms with Crippen LogP contribution in [0.4, 0.5) is 5.13 Å². The Kier molecular flexibility index (Phi) is 4.94. The summed E-state index contributed by atoms with van der Waals surface area (Å²) in [6.07, 6.45) is 1.33. The number of carbonyl (C=O) groups excluding carboxylic acids is 2. The third-order valence-corrected chi connectivity index (χ3v) is 7.77. The van der Waals surface area contributed by atoms with Crippen LogP contribution in [0, 0.1) is 0 Å². The van der Waals surface area contributed by atoms with Crippen molar-refractivity contribution in [3.8, 4) is 0 Å². The van der Waals surface area contributed by atoms with Gasteiger partial charge in [-0.1, -0.05) is 42.1 Å². The van der Waals surface area contributed by atoms with Crippen LogP contribution in [0.2, 0.25) is 0 Å². The Bertz CT molecular complexity index is 828. The molecule has 4 rings (SSSR count). The minimum atomic E-state index is -0.427. The highest BCUT2D eigenvalue weighted by Crippen LogP contribution is 2.47. The van der Waals surface area contributed by atoms with Crippen molar-refractivity contribution in [3.05, 3.63) is 35.9 Å². The summed E-state index contributed by atoms with van der Waals surface area (Å²) >= 11 is 4.39. The molecule has 2 fully saturated rings. The molecule has 2 amide bonds. The van der Waals surface area contributed by atoms with Crippen LogP contribution in [0.3, 0.4) is 0 Å². The zero-order valence-corrected chi connectivity index (χ0v) is 16.6. The molecule has 0 bridgehead atoms. The van der Waals surface area contributed by atoms with E-state index in [9.17, 15) is 9.59 Å². The maximum absolute atomic E-state index is 12.6. The maximum Gasteiger partial charge on any atom is 0.249 e. The Labute approximate surface area is 164 Å². The number of carbonyl (C=O) groups is 2. The van der Waals surface area contributed by atoms with Crippen molar-refractivity contribution >= 4 is 52.0 Å². The summed E-state index contributed by atoms with van der Waals surface area (Å²) in [4.78, 5) is 30.7. The van der Waals surface area contributed by atoms with Crippen LogP contribution in [0.1, 0.15) is 25.3 Å². The number of thioether (sulfide) groups is 2. The molecule has 2 saturated heterocycles. The minimum Gasteiger partial charge on any atom is -0.315 e. The molecular weight excluding hydrogens is 388 g/mol. The Morgan fingerprint density at radius 3 is 3.04 bits per heavy atom. The van der Waals surface area contributed by atoms with Gasteiger partial charge in [0.05, 0.1) is 4.87 Å². The van der Waals surface area contributed by atoms with E-state index in [0.29, 0.717) is 22.5 Å². The van der Waals surface area contributed by atoms with Crippen LogP contribution in [0.25, 0.3) is 0 Å². The minimum absolute atomic E-state index is 0.0639. The van der Waals surface area contributed by atoms with Crippen LogP contribution in [0.5, 0.6) is 0 Å². The van der Waals surface area contributed by atoms with Gasteiger partial charge in [-0.25, -0.2) is 0 Å². The van der Waals surface area contributed by atoms with E-state index in [-0.39, 0.29) is 16.7 Å². The topological polar surface area (TPSA) is 75.2 Å². The lowest BCUT2D eigenvalue weighted by molar-refractivity contribution is -0.135. The van der Waals surface area contributed by atoms with E-state index in [2.05, 4.69) is 26.8 Å². The molecule has 0 spiro atoms. The van der Waals surface area contributed by atoms with E-state index in [1.807, 2.05) is 25.1 Å². The van der Waals surface area contributed by atoms with Gasteiger partial charge in [0, 0.05) is 29.5 Å². The van der Waals surface area contributed by atoms with Crippen LogP contribution in [-0.2, 0) is 15.3 Å². The second kappa shape index (κ2) is 7.21. The molecule has 1 aromatic heterocycles. The summed E-state index contributed by atoms with van der Waals surface area (Å²) in [5.41, 5.74) is 1.20. The smallest absolute Gasteiger partial charge is 0.249 e. The number of nitrogens with zero attached hydrogens (tertiary/aromatic N) is 3. The summed E-state index contributed by atoms with van der Waals surface area (Å²) in [5.74, 6) is 1.30. The Balaban J connectivity index is 1.37. The fourth-order valence-electron chi connectivity index (χ4n) is 3.24. The van der Waals surface area contributed by atoms with E-state index in [1.54, 1.807) is 16.7 Å². The number of nitrogens with one attached hydrogen (secondary N) is 1. The monoisotopic (exact) mass is 406 g/mol. The summed E-state index contributed by atoms with van der Waals surface area (Å²) in [7, 11) is 0. The van der Waals surface area contributed by atoms with Crippen LogP contribution >= 0.6 is 35.1 Å². The number of benzene rings is 1. The predicted molar refractivity (Wildman–Crippen MR) is 105 cm³/mol. The van der Waals surface area contributed by atoms with Crippen LogP contribution < -0.4 is 5.32 Å². The number of hydrogen-bond donors (Lipinski definition) is 1. The van der Waals surface area contributed by atoms with Gasteiger partial charge < -0.3 is 4.90 Å². The van der Waals surface area contributed by atoms with E-state index in [4.69, 9.17) is 0 Å². The van der Waals surface area contributed by atoms with Crippen molar-refractivity contribution in [1.82, 2.24) is 14.3 Å². The molecule has 1 aromatic carbocycles. The average molecular weight is 407 g/mol. The number of amides is 2. The SMILES string of the molecule is C[C@@]12CCC(=O)N1[C@H](C(=O)Nc1nc(SCc3ccccc3)ns1)CS2. The van der Waals surface area contributed by atoms with E-state index >= 15 is 0 Å². The Morgan fingerprint density at radius 1 is 1.42 bits per heavy atom. The first-order valence-corrected chi connectivity index (χ1v) is 11.1. The van der Waals surface area contributed by atoms with E-state index in [0.717, 1.165) is 12.2 Å². The lowest BCUT2D eigenvalue weighted by Gasteiger charge is -2.29. The third kappa shape index (κ3) is 3.47. The normalized spacial score (nSPS) is 24.7. The highest BCUT2D eigenvalue weighted by atomic mass is 32.2. The number of aromatic nitrogens is 2. The standard InChI is InChI=1S/C17H18N4O2S3/c1-17-8-7-13(22)21(17)12(10-25-17)14(23)18-15-19-16(20-26-15)24-9-11-5-3-2-4-6-11/h2-6,12H,7-10H2,1H3,(H,18,19,20,23)/t12-,17+/m0/s1. The average Bonchev–Trinajstić information content (AvgIpc) is 3.30. The largest absolute Gasteiger partial charge is 0.315 e. The molecular formula is C17H18N4O2S3. The van der Waals surface area contributed by atoms with Gasteiger partial charge in [0.2, 0.25) is 22.1 Å². The quantitative estimate of drug-likeness (QED) is 0.769. The van der Waals surface area contributed by atoms with Crippen molar-refractivity contribution in [2.75, 3.05) is 11.1 Å². The molecule has 3 heterocycles. The van der Waals surface area contributed by atoms with Crippen molar-refractivity contribution in [2.24, 2.45) is 0 Å². The Morgan fingerprint density at radius 2 is 2.23 bits per heavy atom. The highest BCUT2D eigenvalue weighted by Gasteiger charge is 2.52. The Hall–Kier alpha value is -1.58. The molecule has 26 heavy (non-hydrogen) atoms. The number of fused-ring (bicyclic) bond motifs is 1. The lowest BCUT2D eigenvalue weighted by Crippen LogP contribution is -2.48. The van der Waals surface area contributed by atoms with Gasteiger partial charge in [-0.2, -0.15) is 9.36 Å². The van der Waals surface area contributed by atoms with Crippen LogP contribution in [-0.4, -0.2) is 42.7 Å². The highest BCUT2D eigenvalue weighted by molar-refractivity contribution is 8.01. The van der Waals surface area contributed by atoms with Crippen molar-refractivity contribution in [3.63, 3.8) is 0 Å². The zero-order chi connectivity index (χ0) is 18.1. The van der Waals surface area contributed by atoms with E-state index in [1.165, 1.54) is 28.9 Å². The number of anilines is 1. The lowest BCUT2D eigenvalue weighted by atomic mass is 10.2. The maximum atomic E-state index is 12.6. The molecule has 6 nitrogen and oxygen atoms in total. The summed E-state index contributed by atoms with van der Waals surface area (Å²) in [6, 6.07) is 9.68. The van der Waals surface area contributed by atoms with Gasteiger partial charge >= 0.3 is 0 Å². The molecule has 2 aliphatic heterocycles. The van der Waals surface area contributed by atoms with Gasteiger partial charge in [0.25, 0.3) is 0 Å². The van der Waals surface area contributed by atoms with Gasteiger partial charge in [0.1, 0.15) is 6.04 Å². The third-order valence-electron chi connectivity index (χ3n) is 4.60.